The molecule has 0 aliphatic heterocycles. The maximum absolute atomic E-state index is 13.2. The molecule has 21 heavy (non-hydrogen) atoms. The van der Waals surface area contributed by atoms with Crippen LogP contribution in [0.5, 0.6) is 11.5 Å². The Morgan fingerprint density at radius 1 is 1.24 bits per heavy atom. The highest BCUT2D eigenvalue weighted by Gasteiger charge is 2.11. The summed E-state index contributed by atoms with van der Waals surface area (Å²) >= 11 is 0. The highest BCUT2D eigenvalue weighted by atomic mass is 19.1. The molecule has 0 aliphatic carbocycles. The molecule has 0 bridgehead atoms. The molecule has 5 nitrogen and oxygen atoms in total. The SMILES string of the molecule is CCNc1cc(Oc2ccc(F)c(C)c2)cc([N+](=O)[O-])c1. The van der Waals surface area contributed by atoms with Gasteiger partial charge in [0.15, 0.2) is 0 Å². The Morgan fingerprint density at radius 3 is 2.62 bits per heavy atom. The molecule has 0 saturated heterocycles. The molecule has 0 unspecified atom stereocenters. The smallest absolute Gasteiger partial charge is 0.275 e. The number of nitrogens with zero attached hydrogens (tertiary/aromatic N) is 1. The largest absolute Gasteiger partial charge is 0.457 e. The van der Waals surface area contributed by atoms with Crippen molar-refractivity contribution in [3.05, 3.63) is 57.9 Å². The van der Waals surface area contributed by atoms with Crippen LogP contribution < -0.4 is 10.1 Å². The lowest BCUT2D eigenvalue weighted by molar-refractivity contribution is -0.384. The highest BCUT2D eigenvalue weighted by molar-refractivity contribution is 5.57. The van der Waals surface area contributed by atoms with Gasteiger partial charge in [-0.3, -0.25) is 10.1 Å². The Hall–Kier alpha value is -2.63. The Kier molecular flexibility index (Phi) is 4.37. The maximum atomic E-state index is 13.2. The van der Waals surface area contributed by atoms with Crippen molar-refractivity contribution >= 4 is 11.4 Å². The average molecular weight is 290 g/mol. The molecule has 6 heteroatoms. The normalized spacial score (nSPS) is 10.2. The first-order valence-corrected chi connectivity index (χ1v) is 6.47. The number of ether oxygens (including phenoxy) is 1. The first-order valence-electron chi connectivity index (χ1n) is 6.47. The van der Waals surface area contributed by atoms with E-state index in [1.807, 2.05) is 6.92 Å². The molecule has 0 atom stereocenters. The number of aryl methyl sites for hydroxylation is 1. The minimum absolute atomic E-state index is 0.0673. The summed E-state index contributed by atoms with van der Waals surface area (Å²) in [6.07, 6.45) is 0. The summed E-state index contributed by atoms with van der Waals surface area (Å²) in [7, 11) is 0. The maximum Gasteiger partial charge on any atom is 0.275 e. The van der Waals surface area contributed by atoms with Gasteiger partial charge in [-0.1, -0.05) is 0 Å². The van der Waals surface area contributed by atoms with E-state index in [2.05, 4.69) is 5.32 Å². The molecule has 1 N–H and O–H groups in total. The second kappa shape index (κ2) is 6.21. The minimum Gasteiger partial charge on any atom is -0.457 e. The van der Waals surface area contributed by atoms with Crippen LogP contribution in [-0.2, 0) is 0 Å². The number of halogens is 1. The molecule has 110 valence electrons. The van der Waals surface area contributed by atoms with Crippen LogP contribution in [0.3, 0.4) is 0 Å². The van der Waals surface area contributed by atoms with Crippen molar-refractivity contribution in [1.82, 2.24) is 0 Å². The molecule has 0 heterocycles. The van der Waals surface area contributed by atoms with E-state index in [1.165, 1.54) is 24.3 Å². The number of hydrogen-bond acceptors (Lipinski definition) is 4. The Labute approximate surface area is 121 Å². The van der Waals surface area contributed by atoms with E-state index in [0.29, 0.717) is 29.3 Å². The molecule has 2 aromatic rings. The van der Waals surface area contributed by atoms with Crippen molar-refractivity contribution in [2.45, 2.75) is 13.8 Å². The number of rotatable bonds is 5. The predicted molar refractivity (Wildman–Crippen MR) is 78.5 cm³/mol. The summed E-state index contributed by atoms with van der Waals surface area (Å²) in [6.45, 7) is 4.15. The molecule has 0 fully saturated rings. The fraction of sp³-hybridized carbons (Fsp3) is 0.200. The summed E-state index contributed by atoms with van der Waals surface area (Å²) in [5.74, 6) is 0.428. The first-order chi connectivity index (χ1) is 9.99. The molecular weight excluding hydrogens is 275 g/mol. The van der Waals surface area contributed by atoms with Gasteiger partial charge in [0.05, 0.1) is 11.0 Å². The van der Waals surface area contributed by atoms with Gasteiger partial charge in [0.1, 0.15) is 17.3 Å². The monoisotopic (exact) mass is 290 g/mol. The van der Waals surface area contributed by atoms with Gasteiger partial charge in [0.2, 0.25) is 0 Å². The standard InChI is InChI=1S/C15H15FN2O3/c1-3-17-11-7-12(18(19)20)9-14(8-11)21-13-4-5-15(16)10(2)6-13/h4-9,17H,3H2,1-2H3. The summed E-state index contributed by atoms with van der Waals surface area (Å²) in [4.78, 5) is 10.5. The van der Waals surface area contributed by atoms with Crippen molar-refractivity contribution in [1.29, 1.82) is 0 Å². The highest BCUT2D eigenvalue weighted by Crippen LogP contribution is 2.30. The van der Waals surface area contributed by atoms with Crippen LogP contribution in [0, 0.1) is 22.9 Å². The van der Waals surface area contributed by atoms with Crippen LogP contribution in [0.2, 0.25) is 0 Å². The first kappa shape index (κ1) is 14.8. The molecule has 0 amide bonds. The number of nitro benzene ring substituents is 1. The third-order valence-corrected chi connectivity index (χ3v) is 2.85. The lowest BCUT2D eigenvalue weighted by Gasteiger charge is -2.09. The predicted octanol–water partition coefficient (Wildman–Crippen LogP) is 4.27. The number of benzene rings is 2. The quantitative estimate of drug-likeness (QED) is 0.660. The van der Waals surface area contributed by atoms with E-state index in [4.69, 9.17) is 4.74 Å². The van der Waals surface area contributed by atoms with Crippen molar-refractivity contribution in [3.8, 4) is 11.5 Å². The lowest BCUT2D eigenvalue weighted by atomic mass is 10.2. The Balaban J connectivity index is 2.33. The van der Waals surface area contributed by atoms with Gasteiger partial charge in [-0.15, -0.1) is 0 Å². The van der Waals surface area contributed by atoms with Crippen molar-refractivity contribution in [2.24, 2.45) is 0 Å². The number of anilines is 1. The molecular formula is C15H15FN2O3. The molecule has 0 aromatic heterocycles. The van der Waals surface area contributed by atoms with Crippen LogP contribution in [0.15, 0.2) is 36.4 Å². The zero-order chi connectivity index (χ0) is 15.4. The van der Waals surface area contributed by atoms with Gasteiger partial charge in [0, 0.05) is 24.4 Å². The number of hydrogen-bond donors (Lipinski definition) is 1. The van der Waals surface area contributed by atoms with Gasteiger partial charge in [-0.05, 0) is 37.6 Å². The molecule has 0 saturated carbocycles. The van der Waals surface area contributed by atoms with E-state index in [-0.39, 0.29) is 11.5 Å². The van der Waals surface area contributed by atoms with Gasteiger partial charge in [-0.25, -0.2) is 4.39 Å². The van der Waals surface area contributed by atoms with Crippen LogP contribution in [0.4, 0.5) is 15.8 Å². The van der Waals surface area contributed by atoms with Crippen molar-refractivity contribution < 1.29 is 14.1 Å². The third kappa shape index (κ3) is 3.68. The van der Waals surface area contributed by atoms with E-state index in [0.717, 1.165) is 0 Å². The van der Waals surface area contributed by atoms with E-state index in [1.54, 1.807) is 19.1 Å². The van der Waals surface area contributed by atoms with Crippen LogP contribution in [0.25, 0.3) is 0 Å². The zero-order valence-electron chi connectivity index (χ0n) is 11.7. The minimum atomic E-state index is -0.483. The van der Waals surface area contributed by atoms with E-state index in [9.17, 15) is 14.5 Å². The van der Waals surface area contributed by atoms with Gasteiger partial charge >= 0.3 is 0 Å². The lowest BCUT2D eigenvalue weighted by Crippen LogP contribution is -1.98. The fourth-order valence-corrected chi connectivity index (χ4v) is 1.87. The average Bonchev–Trinajstić information content (AvgIpc) is 2.43. The summed E-state index contributed by atoms with van der Waals surface area (Å²) in [6, 6.07) is 8.75. The van der Waals surface area contributed by atoms with Crippen LogP contribution in [0.1, 0.15) is 12.5 Å². The molecule has 2 aromatic carbocycles. The Bertz CT molecular complexity index is 674. The molecule has 0 spiro atoms. The zero-order valence-corrected chi connectivity index (χ0v) is 11.7. The third-order valence-electron chi connectivity index (χ3n) is 2.85. The second-order valence-electron chi connectivity index (χ2n) is 4.52. The summed E-state index contributed by atoms with van der Waals surface area (Å²) in [5.41, 5.74) is 0.979. The Morgan fingerprint density at radius 2 is 2.00 bits per heavy atom. The van der Waals surface area contributed by atoms with Crippen LogP contribution in [-0.4, -0.2) is 11.5 Å². The van der Waals surface area contributed by atoms with Crippen LogP contribution >= 0.6 is 0 Å². The van der Waals surface area contributed by atoms with Crippen molar-refractivity contribution in [3.63, 3.8) is 0 Å². The van der Waals surface area contributed by atoms with Crippen molar-refractivity contribution in [2.75, 3.05) is 11.9 Å². The van der Waals surface area contributed by atoms with E-state index < -0.39 is 4.92 Å². The molecule has 2 rings (SSSR count). The summed E-state index contributed by atoms with van der Waals surface area (Å²) in [5, 5.41) is 13.9. The van der Waals surface area contributed by atoms with Gasteiger partial charge < -0.3 is 10.1 Å². The van der Waals surface area contributed by atoms with Gasteiger partial charge in [0.25, 0.3) is 5.69 Å². The number of nitro groups is 1. The molecule has 0 aliphatic rings. The summed E-state index contributed by atoms with van der Waals surface area (Å²) < 4.78 is 18.8. The topological polar surface area (TPSA) is 64.4 Å². The number of nitrogens with one attached hydrogen (secondary N) is 1. The molecule has 0 radical (unpaired) electrons. The number of non-ortho nitro benzene ring substituents is 1. The van der Waals surface area contributed by atoms with Gasteiger partial charge in [-0.2, -0.15) is 0 Å². The second-order valence-corrected chi connectivity index (χ2v) is 4.52. The fourth-order valence-electron chi connectivity index (χ4n) is 1.87. The van der Waals surface area contributed by atoms with E-state index >= 15 is 0 Å².